The maximum absolute atomic E-state index is 11.8. The van der Waals surface area contributed by atoms with Crippen molar-refractivity contribution in [1.29, 1.82) is 0 Å². The molecule has 3 rings (SSSR count). The summed E-state index contributed by atoms with van der Waals surface area (Å²) in [5, 5.41) is 83.8. The third-order valence-corrected chi connectivity index (χ3v) is 6.87. The lowest BCUT2D eigenvalue weighted by atomic mass is 9.95. The molecule has 3 saturated heterocycles. The van der Waals surface area contributed by atoms with E-state index in [2.05, 4.69) is 5.32 Å². The van der Waals surface area contributed by atoms with Gasteiger partial charge in [0.1, 0.15) is 73.2 Å². The Hall–Kier alpha value is -1.13. The summed E-state index contributed by atoms with van der Waals surface area (Å²) in [6, 6.07) is -1.35. The highest BCUT2D eigenvalue weighted by atomic mass is 16.8. The predicted octanol–water partition coefficient (Wildman–Crippen LogP) is -6.12. The van der Waals surface area contributed by atoms with Gasteiger partial charge in [0.2, 0.25) is 5.91 Å². The quantitative estimate of drug-likeness (QED) is 0.118. The van der Waals surface area contributed by atoms with Crippen molar-refractivity contribution in [2.24, 2.45) is 0 Å². The third kappa shape index (κ3) is 7.21. The summed E-state index contributed by atoms with van der Waals surface area (Å²) in [5.74, 6) is -0.600. The molecule has 0 aromatic carbocycles. The van der Waals surface area contributed by atoms with E-state index in [9.17, 15) is 45.6 Å². The van der Waals surface area contributed by atoms with Crippen LogP contribution >= 0.6 is 0 Å². The topological polar surface area (TPSA) is 256 Å². The van der Waals surface area contributed by atoms with Crippen molar-refractivity contribution >= 4 is 5.91 Å². The van der Waals surface area contributed by atoms with Crippen molar-refractivity contribution in [2.75, 3.05) is 34.0 Å². The Morgan fingerprint density at radius 2 is 1.38 bits per heavy atom. The fourth-order valence-electron chi connectivity index (χ4n) is 4.76. The Bertz CT molecular complexity index is 778. The van der Waals surface area contributed by atoms with Crippen molar-refractivity contribution in [3.8, 4) is 0 Å². The Kier molecular flexibility index (Phi) is 11.8. The number of amides is 1. The molecule has 3 fully saturated rings. The van der Waals surface area contributed by atoms with Crippen LogP contribution < -0.4 is 5.32 Å². The van der Waals surface area contributed by atoms with Crippen molar-refractivity contribution in [1.82, 2.24) is 5.32 Å². The third-order valence-electron chi connectivity index (χ3n) is 6.87. The summed E-state index contributed by atoms with van der Waals surface area (Å²) in [6.45, 7) is -0.138. The zero-order chi connectivity index (χ0) is 29.0. The minimum atomic E-state index is -1.82. The summed E-state index contributed by atoms with van der Waals surface area (Å²) in [5.41, 5.74) is 0. The van der Waals surface area contributed by atoms with Gasteiger partial charge in [-0.05, 0) is 0 Å². The van der Waals surface area contributed by atoms with Gasteiger partial charge in [0.15, 0.2) is 18.9 Å². The van der Waals surface area contributed by atoms with Gasteiger partial charge in [0.25, 0.3) is 0 Å². The van der Waals surface area contributed by atoms with Crippen LogP contribution in [-0.4, -0.2) is 173 Å². The van der Waals surface area contributed by atoms with E-state index in [0.29, 0.717) is 0 Å². The number of rotatable bonds is 10. The Labute approximate surface area is 223 Å². The van der Waals surface area contributed by atoms with Gasteiger partial charge in [-0.1, -0.05) is 0 Å². The first-order chi connectivity index (χ1) is 18.4. The molecule has 0 spiro atoms. The van der Waals surface area contributed by atoms with E-state index < -0.39 is 111 Å². The van der Waals surface area contributed by atoms with Crippen LogP contribution in [0, 0.1) is 0 Å². The highest BCUT2D eigenvalue weighted by Crippen LogP contribution is 2.31. The van der Waals surface area contributed by atoms with Gasteiger partial charge in [-0.2, -0.15) is 0 Å². The maximum Gasteiger partial charge on any atom is 0.217 e. The summed E-state index contributed by atoms with van der Waals surface area (Å²) in [6.07, 6.45) is -20.8. The lowest BCUT2D eigenvalue weighted by Crippen LogP contribution is -2.68. The Balaban J connectivity index is 1.85. The standard InChI is InChI=1S/C22H39NO16/c1-7(25)23-11-14(28)12(26)8(4-24)37-21(11)39-19-17(31)18(34-3)10(5-33-2)38-22(19)35-6-9-13(27)15(29)16(30)20(32)36-9/h8-22,24,26-32H,4-6H2,1-3H3,(H,23,25)/t8-,9-,10-,11-,12-,13-,14-,15+,16-,17+,18-,19+,20-,21?,22+/m1/s1. The molecule has 17 heteroatoms. The number of hydrogen-bond donors (Lipinski definition) is 9. The van der Waals surface area contributed by atoms with Crippen LogP contribution in [0.2, 0.25) is 0 Å². The lowest BCUT2D eigenvalue weighted by Gasteiger charge is -2.48. The predicted molar refractivity (Wildman–Crippen MR) is 122 cm³/mol. The normalized spacial score (nSPS) is 47.1. The number of methoxy groups -OCH3 is 2. The minimum absolute atomic E-state index is 0.0553. The Morgan fingerprint density at radius 3 is 1.97 bits per heavy atom. The highest BCUT2D eigenvalue weighted by molar-refractivity contribution is 5.73. The monoisotopic (exact) mass is 573 g/mol. The first kappa shape index (κ1) is 32.4. The van der Waals surface area contributed by atoms with Crippen LogP contribution in [0.25, 0.3) is 0 Å². The first-order valence-corrected chi connectivity index (χ1v) is 12.3. The largest absolute Gasteiger partial charge is 0.394 e. The van der Waals surface area contributed by atoms with E-state index >= 15 is 0 Å². The summed E-state index contributed by atoms with van der Waals surface area (Å²) in [7, 11) is 2.69. The van der Waals surface area contributed by atoms with Crippen molar-refractivity contribution < 1.29 is 78.8 Å². The maximum atomic E-state index is 11.8. The molecule has 9 N–H and O–H groups in total. The average molecular weight is 574 g/mol. The second kappa shape index (κ2) is 14.2. The van der Waals surface area contributed by atoms with E-state index in [4.69, 9.17) is 33.2 Å². The van der Waals surface area contributed by atoms with Crippen LogP contribution in [0.5, 0.6) is 0 Å². The Morgan fingerprint density at radius 1 is 0.744 bits per heavy atom. The molecule has 0 aromatic heterocycles. The van der Waals surface area contributed by atoms with Crippen molar-refractivity contribution in [3.05, 3.63) is 0 Å². The highest BCUT2D eigenvalue weighted by Gasteiger charge is 2.52. The summed E-state index contributed by atoms with van der Waals surface area (Å²) < 4.78 is 38.8. The summed E-state index contributed by atoms with van der Waals surface area (Å²) in [4.78, 5) is 11.8. The van der Waals surface area contributed by atoms with Gasteiger partial charge in [-0.25, -0.2) is 0 Å². The fourth-order valence-corrected chi connectivity index (χ4v) is 4.76. The van der Waals surface area contributed by atoms with Gasteiger partial charge in [-0.3, -0.25) is 4.79 Å². The van der Waals surface area contributed by atoms with Crippen LogP contribution in [0.4, 0.5) is 0 Å². The van der Waals surface area contributed by atoms with Crippen molar-refractivity contribution in [2.45, 2.75) is 99.0 Å². The number of hydrogen-bond acceptors (Lipinski definition) is 16. The van der Waals surface area contributed by atoms with Gasteiger partial charge < -0.3 is 79.3 Å². The van der Waals surface area contributed by atoms with E-state index in [-0.39, 0.29) is 6.61 Å². The molecule has 17 nitrogen and oxygen atoms in total. The molecular weight excluding hydrogens is 534 g/mol. The number of aliphatic hydroxyl groups excluding tert-OH is 8. The fraction of sp³-hybridized carbons (Fsp3) is 0.955. The van der Waals surface area contributed by atoms with E-state index in [0.717, 1.165) is 6.92 Å². The molecule has 228 valence electrons. The zero-order valence-corrected chi connectivity index (χ0v) is 21.6. The number of aliphatic hydroxyl groups is 8. The molecule has 3 aliphatic heterocycles. The SMILES string of the molecule is COC[C@H]1O[C@H](OC[C@H]2O[C@@H](O)[C@H](O)[C@@H](O)[C@@H]2O)[C@@H](OC2O[C@H](CO)[C@@H](O)[C@H](O)[C@H]2NC(C)=O)[C@@H](O)[C@@H]1OC. The minimum Gasteiger partial charge on any atom is -0.394 e. The second-order valence-electron chi connectivity index (χ2n) is 9.59. The number of carbonyl (C=O) groups excluding carboxylic acids is 1. The lowest BCUT2D eigenvalue weighted by molar-refractivity contribution is -0.364. The second-order valence-corrected chi connectivity index (χ2v) is 9.59. The molecule has 0 bridgehead atoms. The molecule has 0 saturated carbocycles. The van der Waals surface area contributed by atoms with Gasteiger partial charge >= 0.3 is 0 Å². The average Bonchev–Trinajstić information content (AvgIpc) is 2.90. The molecule has 15 atom stereocenters. The smallest absolute Gasteiger partial charge is 0.217 e. The van der Waals surface area contributed by atoms with Crippen LogP contribution in [0.1, 0.15) is 6.92 Å². The molecule has 1 unspecified atom stereocenters. The zero-order valence-electron chi connectivity index (χ0n) is 21.6. The number of ether oxygens (including phenoxy) is 7. The molecule has 39 heavy (non-hydrogen) atoms. The van der Waals surface area contributed by atoms with Crippen LogP contribution in [-0.2, 0) is 38.0 Å². The van der Waals surface area contributed by atoms with E-state index in [1.165, 1.54) is 14.2 Å². The molecule has 3 aliphatic rings. The molecule has 0 aliphatic carbocycles. The molecule has 0 aromatic rings. The van der Waals surface area contributed by atoms with E-state index in [1.807, 2.05) is 0 Å². The first-order valence-electron chi connectivity index (χ1n) is 12.3. The van der Waals surface area contributed by atoms with Gasteiger partial charge in [0, 0.05) is 21.1 Å². The number of nitrogens with one attached hydrogen (secondary N) is 1. The van der Waals surface area contributed by atoms with Gasteiger partial charge in [0.05, 0.1) is 19.8 Å². The molecule has 3 heterocycles. The number of carbonyl (C=O) groups is 1. The van der Waals surface area contributed by atoms with Gasteiger partial charge in [-0.15, -0.1) is 0 Å². The van der Waals surface area contributed by atoms with Crippen LogP contribution in [0.15, 0.2) is 0 Å². The molecule has 0 radical (unpaired) electrons. The van der Waals surface area contributed by atoms with E-state index in [1.54, 1.807) is 0 Å². The molecule has 1 amide bonds. The van der Waals surface area contributed by atoms with Crippen LogP contribution in [0.3, 0.4) is 0 Å². The molecular formula is C22H39NO16. The van der Waals surface area contributed by atoms with Crippen molar-refractivity contribution in [3.63, 3.8) is 0 Å². The summed E-state index contributed by atoms with van der Waals surface area (Å²) >= 11 is 0.